The third kappa shape index (κ3) is 11.0. The van der Waals surface area contributed by atoms with Crippen molar-refractivity contribution in [2.75, 3.05) is 6.54 Å². The molecule has 0 aliphatic rings. The van der Waals surface area contributed by atoms with Gasteiger partial charge in [-0.1, -0.05) is 39.5 Å². The number of nitrogens with one attached hydrogen (secondary N) is 1. The summed E-state index contributed by atoms with van der Waals surface area (Å²) in [5, 5.41) is 23.1. The Hall–Kier alpha value is 0.820. The van der Waals surface area contributed by atoms with E-state index in [0.29, 0.717) is 18.0 Å². The summed E-state index contributed by atoms with van der Waals surface area (Å²) in [6, 6.07) is -1.01. The zero-order chi connectivity index (χ0) is 18.8. The average molecular weight is 394 g/mol. The van der Waals surface area contributed by atoms with Gasteiger partial charge in [0, 0.05) is 6.42 Å². The van der Waals surface area contributed by atoms with E-state index in [2.05, 4.69) is 12.2 Å². The molecule has 0 saturated carbocycles. The molecule has 0 saturated heterocycles. The molecule has 0 fully saturated rings. The average Bonchev–Trinajstić information content (AvgIpc) is 2.52. The molecule has 0 spiro atoms. The zero-order valence-electron chi connectivity index (χ0n) is 15.7. The number of rotatable bonds is 13. The van der Waals surface area contributed by atoms with Crippen molar-refractivity contribution in [2.45, 2.75) is 91.0 Å². The van der Waals surface area contributed by atoms with E-state index in [1.54, 1.807) is 6.92 Å². The van der Waals surface area contributed by atoms with Gasteiger partial charge in [-0.25, -0.2) is 9.86 Å². The summed E-state index contributed by atoms with van der Waals surface area (Å²) in [7, 11) is 0. The van der Waals surface area contributed by atoms with Crippen molar-refractivity contribution >= 4 is 71.0 Å². The van der Waals surface area contributed by atoms with Crippen LogP contribution in [-0.4, -0.2) is 111 Å². The van der Waals surface area contributed by atoms with Gasteiger partial charge in [-0.15, -0.1) is 0 Å². The molecule has 146 valence electrons. The molecule has 0 aromatic heterocycles. The number of hydrogen-bond donors (Lipinski definition) is 3. The summed E-state index contributed by atoms with van der Waals surface area (Å²) in [5.41, 5.74) is -1.71. The van der Waals surface area contributed by atoms with Crippen LogP contribution in [0.25, 0.3) is 0 Å². The van der Waals surface area contributed by atoms with E-state index in [-0.39, 0.29) is 65.5 Å². The fraction of sp³-hybridized carbons (Fsp3) is 0.882. The molecule has 0 aliphatic heterocycles. The van der Waals surface area contributed by atoms with E-state index in [1.807, 2.05) is 6.92 Å². The minimum atomic E-state index is -1.71. The normalized spacial score (nSPS) is 15.0. The predicted octanol–water partition coefficient (Wildman–Crippen LogP) is 1.47. The summed E-state index contributed by atoms with van der Waals surface area (Å²) in [6.45, 7) is 9.14. The number of carboxylic acids is 1. The first-order chi connectivity index (χ1) is 11.2. The van der Waals surface area contributed by atoms with E-state index in [1.165, 1.54) is 13.8 Å². The van der Waals surface area contributed by atoms with Gasteiger partial charge in [-0.2, -0.15) is 0 Å². The van der Waals surface area contributed by atoms with Crippen molar-refractivity contribution in [3.8, 4) is 0 Å². The summed E-state index contributed by atoms with van der Waals surface area (Å²) in [5.74, 6) is -1.71. The Kier molecular flexibility index (Phi) is 20.3. The maximum absolute atomic E-state index is 12.1. The number of ether oxygens (including phenoxy) is 1. The number of carbonyl (C=O) groups is 2. The molecular weight excluding hydrogens is 358 g/mol. The molecule has 0 bridgehead atoms. The van der Waals surface area contributed by atoms with Crippen LogP contribution in [0.15, 0.2) is 0 Å². The quantitative estimate of drug-likeness (QED) is 0.144. The van der Waals surface area contributed by atoms with E-state index in [4.69, 9.17) is 4.74 Å². The molecule has 0 aromatic rings. The van der Waals surface area contributed by atoms with E-state index in [0.717, 1.165) is 25.7 Å². The van der Waals surface area contributed by atoms with Gasteiger partial charge in [0.25, 0.3) is 0 Å². The van der Waals surface area contributed by atoms with Crippen molar-refractivity contribution < 1.29 is 24.6 Å². The van der Waals surface area contributed by atoms with Crippen LogP contribution in [0.4, 0.5) is 0 Å². The number of aliphatic carboxylic acids is 1. The van der Waals surface area contributed by atoms with Crippen LogP contribution in [0.5, 0.6) is 0 Å². The number of carboxylic acid groups (broad SMARTS) is 1. The second-order valence-corrected chi connectivity index (χ2v) is 6.31. The van der Waals surface area contributed by atoms with Crippen LogP contribution >= 0.6 is 0 Å². The Bertz CT molecular complexity index is 401. The fourth-order valence-corrected chi connectivity index (χ4v) is 2.47. The van der Waals surface area contributed by atoms with E-state index < -0.39 is 29.7 Å². The minimum absolute atomic E-state index is 0. The predicted molar refractivity (Wildman–Crippen MR) is 106 cm³/mol. The van der Waals surface area contributed by atoms with Crippen LogP contribution < -0.4 is 5.32 Å². The Morgan fingerprint density at radius 1 is 1.12 bits per heavy atom. The van der Waals surface area contributed by atoms with Crippen molar-refractivity contribution in [3.63, 3.8) is 0 Å². The third-order valence-corrected chi connectivity index (χ3v) is 4.25. The maximum atomic E-state index is 12.1. The summed E-state index contributed by atoms with van der Waals surface area (Å²) >= 11 is 0. The number of unbranched alkanes of at least 4 members (excludes halogenated alkanes) is 4. The first kappa shape index (κ1) is 31.5. The second kappa shape index (κ2) is 16.7. The monoisotopic (exact) mass is 394 g/mol. The van der Waals surface area contributed by atoms with Gasteiger partial charge in [0.05, 0.1) is 6.04 Å². The van der Waals surface area contributed by atoms with Crippen molar-refractivity contribution in [2.24, 2.45) is 0 Å². The number of nitrogens with zero attached hydrogens (tertiary/aromatic N) is 1. The molecule has 7 nitrogen and oxygen atoms in total. The summed E-state index contributed by atoms with van der Waals surface area (Å²) < 4.78 is 5.57. The van der Waals surface area contributed by atoms with Gasteiger partial charge in [-0.05, 0) is 33.7 Å². The van der Waals surface area contributed by atoms with Gasteiger partial charge in [-0.3, -0.25) is 15.3 Å². The Morgan fingerprint density at radius 2 is 1.65 bits per heavy atom. The Morgan fingerprint density at radius 3 is 2.12 bits per heavy atom. The standard InChI is InChI=1S/C17H34N2O5.2Na.2H/c1-6-8-9-10-11-12-15(20)19(23)13(3)17(5,16(21)22)24-14(4)18-7-2;;;;/h13-14,18,23H,6-12H2,1-5H3,(H,21,22);;;;. The number of hydroxylamine groups is 2. The second-order valence-electron chi connectivity index (χ2n) is 6.31. The van der Waals surface area contributed by atoms with Gasteiger partial charge < -0.3 is 9.84 Å². The number of carbonyl (C=O) groups excluding carboxylic acids is 1. The fourth-order valence-electron chi connectivity index (χ4n) is 2.47. The first-order valence-corrected chi connectivity index (χ1v) is 8.86. The molecule has 26 heavy (non-hydrogen) atoms. The van der Waals surface area contributed by atoms with Crippen LogP contribution in [0.3, 0.4) is 0 Å². The number of amides is 1. The first-order valence-electron chi connectivity index (χ1n) is 8.86. The third-order valence-electron chi connectivity index (χ3n) is 4.25. The molecule has 3 atom stereocenters. The summed E-state index contributed by atoms with van der Waals surface area (Å²) in [4.78, 5) is 23.8. The number of hydrogen-bond acceptors (Lipinski definition) is 5. The van der Waals surface area contributed by atoms with Crippen LogP contribution in [0, 0.1) is 0 Å². The van der Waals surface area contributed by atoms with Gasteiger partial charge in [0.1, 0.15) is 6.23 Å². The van der Waals surface area contributed by atoms with Crippen LogP contribution in [0.2, 0.25) is 0 Å². The van der Waals surface area contributed by atoms with Crippen LogP contribution in [-0.2, 0) is 14.3 Å². The van der Waals surface area contributed by atoms with Crippen LogP contribution in [0.1, 0.15) is 73.1 Å². The molecule has 0 aliphatic carbocycles. The molecule has 9 heteroatoms. The molecular formula is C17H36N2Na2O5. The topological polar surface area (TPSA) is 99.1 Å². The van der Waals surface area contributed by atoms with Gasteiger partial charge in [0.15, 0.2) is 5.60 Å². The SMILES string of the molecule is CCCCCCCC(=O)N(O)C(C)C(C)(OC(C)NCC)C(=O)O.[NaH].[NaH]. The van der Waals surface area contributed by atoms with E-state index in [9.17, 15) is 19.9 Å². The summed E-state index contributed by atoms with van der Waals surface area (Å²) in [6.07, 6.45) is 4.59. The van der Waals surface area contributed by atoms with Crippen molar-refractivity contribution in [1.82, 2.24) is 10.4 Å². The molecule has 1 amide bonds. The molecule has 3 N–H and O–H groups in total. The van der Waals surface area contributed by atoms with Crippen molar-refractivity contribution in [3.05, 3.63) is 0 Å². The molecule has 0 heterocycles. The Labute approximate surface area is 202 Å². The molecule has 0 aromatic carbocycles. The molecule has 0 radical (unpaired) electrons. The van der Waals surface area contributed by atoms with Gasteiger partial charge >= 0.3 is 65.1 Å². The van der Waals surface area contributed by atoms with Crippen molar-refractivity contribution in [1.29, 1.82) is 0 Å². The molecule has 0 rings (SSSR count). The molecule has 3 unspecified atom stereocenters. The zero-order valence-corrected chi connectivity index (χ0v) is 15.7. The van der Waals surface area contributed by atoms with E-state index >= 15 is 0 Å². The van der Waals surface area contributed by atoms with Gasteiger partial charge in [0.2, 0.25) is 5.91 Å². The Balaban J connectivity index is -0.00000264.